The fourth-order valence-electron chi connectivity index (χ4n) is 2.18. The maximum absolute atomic E-state index is 12.1. The van der Waals surface area contributed by atoms with Gasteiger partial charge in [-0.15, -0.1) is 0 Å². The molecule has 0 radical (unpaired) electrons. The first-order chi connectivity index (χ1) is 11.5. The summed E-state index contributed by atoms with van der Waals surface area (Å²) in [6.07, 6.45) is 0.646. The van der Waals surface area contributed by atoms with E-state index in [0.717, 1.165) is 5.56 Å². The summed E-state index contributed by atoms with van der Waals surface area (Å²) in [7, 11) is 0. The minimum Gasteiger partial charge on any atom is -0.508 e. The van der Waals surface area contributed by atoms with Crippen molar-refractivity contribution in [1.29, 1.82) is 0 Å². The molecule has 5 nitrogen and oxygen atoms in total. The lowest BCUT2D eigenvalue weighted by Gasteiger charge is -2.09. The summed E-state index contributed by atoms with van der Waals surface area (Å²) in [6.45, 7) is 2.12. The fourth-order valence-corrected chi connectivity index (χ4v) is 2.36. The summed E-state index contributed by atoms with van der Waals surface area (Å²) in [4.78, 5) is 23.9. The highest BCUT2D eigenvalue weighted by Gasteiger charge is 2.11. The van der Waals surface area contributed by atoms with Gasteiger partial charge in [-0.1, -0.05) is 29.8 Å². The standard InChI is InChI=1S/C18H19ClN2O3/c1-12-15(3-2-4-16(12)19)18(24)21-11-17(23)20-10-9-13-5-7-14(22)8-6-13/h2-8,22H,9-11H2,1H3,(H,20,23)(H,21,24). The van der Waals surface area contributed by atoms with Gasteiger partial charge in [-0.25, -0.2) is 0 Å². The molecule has 2 aromatic carbocycles. The Hall–Kier alpha value is -2.53. The van der Waals surface area contributed by atoms with Gasteiger partial charge >= 0.3 is 0 Å². The van der Waals surface area contributed by atoms with Crippen molar-refractivity contribution >= 4 is 23.4 Å². The third-order valence-corrected chi connectivity index (χ3v) is 4.00. The van der Waals surface area contributed by atoms with Gasteiger partial charge in [0.05, 0.1) is 6.54 Å². The Balaban J connectivity index is 1.75. The molecule has 0 unspecified atom stereocenters. The van der Waals surface area contributed by atoms with Crippen LogP contribution in [0.15, 0.2) is 42.5 Å². The van der Waals surface area contributed by atoms with E-state index in [0.29, 0.717) is 29.1 Å². The van der Waals surface area contributed by atoms with Crippen molar-refractivity contribution in [3.05, 3.63) is 64.2 Å². The molecule has 0 aliphatic carbocycles. The SMILES string of the molecule is Cc1c(Cl)cccc1C(=O)NCC(=O)NCCc1ccc(O)cc1. The molecule has 0 saturated carbocycles. The van der Waals surface area contributed by atoms with Gasteiger partial charge in [0.1, 0.15) is 5.75 Å². The van der Waals surface area contributed by atoms with Crippen LogP contribution in [0.3, 0.4) is 0 Å². The zero-order valence-corrected chi connectivity index (χ0v) is 14.1. The second-order valence-corrected chi connectivity index (χ2v) is 5.77. The minimum absolute atomic E-state index is 0.0969. The van der Waals surface area contributed by atoms with E-state index in [1.165, 1.54) is 0 Å². The molecular formula is C18H19ClN2O3. The molecule has 0 aliphatic heterocycles. The zero-order valence-electron chi connectivity index (χ0n) is 13.3. The predicted octanol–water partition coefficient (Wildman–Crippen LogP) is 2.44. The molecule has 3 N–H and O–H groups in total. The molecule has 0 spiro atoms. The number of hydrogen-bond donors (Lipinski definition) is 3. The molecule has 0 aliphatic rings. The topological polar surface area (TPSA) is 78.4 Å². The Labute approximate surface area is 145 Å². The summed E-state index contributed by atoms with van der Waals surface area (Å²) in [5.41, 5.74) is 2.15. The number of rotatable bonds is 6. The minimum atomic E-state index is -0.330. The van der Waals surface area contributed by atoms with Crippen molar-refractivity contribution in [2.45, 2.75) is 13.3 Å². The van der Waals surface area contributed by atoms with Crippen LogP contribution in [0.25, 0.3) is 0 Å². The highest BCUT2D eigenvalue weighted by atomic mass is 35.5. The Kier molecular flexibility index (Phi) is 6.21. The number of amides is 2. The molecule has 2 amide bonds. The van der Waals surface area contributed by atoms with Crippen molar-refractivity contribution in [3.8, 4) is 5.75 Å². The lowest BCUT2D eigenvalue weighted by atomic mass is 10.1. The van der Waals surface area contributed by atoms with Crippen LogP contribution in [0.4, 0.5) is 0 Å². The van der Waals surface area contributed by atoms with Crippen molar-refractivity contribution in [2.24, 2.45) is 0 Å². The van der Waals surface area contributed by atoms with E-state index in [1.54, 1.807) is 49.4 Å². The number of halogens is 1. The first kappa shape index (κ1) is 17.8. The van der Waals surface area contributed by atoms with E-state index in [2.05, 4.69) is 10.6 Å². The van der Waals surface area contributed by atoms with Crippen LogP contribution in [0.1, 0.15) is 21.5 Å². The van der Waals surface area contributed by atoms with E-state index < -0.39 is 0 Å². The van der Waals surface area contributed by atoms with Crippen LogP contribution in [-0.4, -0.2) is 30.0 Å². The van der Waals surface area contributed by atoms with Gasteiger partial charge in [-0.2, -0.15) is 0 Å². The van der Waals surface area contributed by atoms with Crippen molar-refractivity contribution in [3.63, 3.8) is 0 Å². The van der Waals surface area contributed by atoms with E-state index in [1.807, 2.05) is 0 Å². The summed E-state index contributed by atoms with van der Waals surface area (Å²) in [5, 5.41) is 15.0. The second-order valence-electron chi connectivity index (χ2n) is 5.36. The molecule has 0 fully saturated rings. The Morgan fingerprint density at radius 3 is 2.50 bits per heavy atom. The maximum Gasteiger partial charge on any atom is 0.252 e. The number of carbonyl (C=O) groups is 2. The number of phenols is 1. The molecule has 24 heavy (non-hydrogen) atoms. The summed E-state index contributed by atoms with van der Waals surface area (Å²) < 4.78 is 0. The fraction of sp³-hybridized carbons (Fsp3) is 0.222. The third-order valence-electron chi connectivity index (χ3n) is 3.59. The largest absolute Gasteiger partial charge is 0.508 e. The van der Waals surface area contributed by atoms with E-state index in [4.69, 9.17) is 11.6 Å². The van der Waals surface area contributed by atoms with Gasteiger partial charge in [0, 0.05) is 17.1 Å². The van der Waals surface area contributed by atoms with Gasteiger partial charge < -0.3 is 15.7 Å². The maximum atomic E-state index is 12.1. The Morgan fingerprint density at radius 1 is 1.08 bits per heavy atom. The molecule has 0 aromatic heterocycles. The molecule has 6 heteroatoms. The molecule has 0 saturated heterocycles. The van der Waals surface area contributed by atoms with Crippen LogP contribution in [0.2, 0.25) is 5.02 Å². The third kappa shape index (κ3) is 4.99. The average Bonchev–Trinajstić information content (AvgIpc) is 2.57. The van der Waals surface area contributed by atoms with Crippen LogP contribution >= 0.6 is 11.6 Å². The number of nitrogens with one attached hydrogen (secondary N) is 2. The number of carbonyl (C=O) groups excluding carboxylic acids is 2. The highest BCUT2D eigenvalue weighted by Crippen LogP contribution is 2.18. The molecule has 0 bridgehead atoms. The molecular weight excluding hydrogens is 328 g/mol. The first-order valence-electron chi connectivity index (χ1n) is 7.55. The van der Waals surface area contributed by atoms with Gasteiger partial charge in [0.2, 0.25) is 5.91 Å². The predicted molar refractivity (Wildman–Crippen MR) is 93.3 cm³/mol. The van der Waals surface area contributed by atoms with Crippen molar-refractivity contribution < 1.29 is 14.7 Å². The first-order valence-corrected chi connectivity index (χ1v) is 7.93. The lowest BCUT2D eigenvalue weighted by molar-refractivity contribution is -0.120. The molecule has 2 aromatic rings. The number of aromatic hydroxyl groups is 1. The molecule has 2 rings (SSSR count). The molecule has 0 atom stereocenters. The summed E-state index contributed by atoms with van der Waals surface area (Å²) >= 11 is 5.98. The van der Waals surface area contributed by atoms with Crippen molar-refractivity contribution in [2.75, 3.05) is 13.1 Å². The monoisotopic (exact) mass is 346 g/mol. The van der Waals surface area contributed by atoms with Gasteiger partial charge in [-0.05, 0) is 48.7 Å². The second kappa shape index (κ2) is 8.36. The van der Waals surface area contributed by atoms with Crippen LogP contribution in [-0.2, 0) is 11.2 Å². The Bertz CT molecular complexity index is 730. The summed E-state index contributed by atoms with van der Waals surface area (Å²) in [5.74, 6) is -0.382. The van der Waals surface area contributed by atoms with Crippen molar-refractivity contribution in [1.82, 2.24) is 10.6 Å². The van der Waals surface area contributed by atoms with E-state index in [-0.39, 0.29) is 24.1 Å². The quantitative estimate of drug-likeness (QED) is 0.751. The van der Waals surface area contributed by atoms with Crippen LogP contribution < -0.4 is 10.6 Å². The highest BCUT2D eigenvalue weighted by molar-refractivity contribution is 6.31. The normalized spacial score (nSPS) is 10.2. The smallest absolute Gasteiger partial charge is 0.252 e. The van der Waals surface area contributed by atoms with Gasteiger partial charge in [-0.3, -0.25) is 9.59 Å². The number of hydrogen-bond acceptors (Lipinski definition) is 3. The van der Waals surface area contributed by atoms with E-state index in [9.17, 15) is 14.7 Å². The van der Waals surface area contributed by atoms with Crippen LogP contribution in [0.5, 0.6) is 5.75 Å². The molecule has 126 valence electrons. The van der Waals surface area contributed by atoms with E-state index >= 15 is 0 Å². The van der Waals surface area contributed by atoms with Crippen LogP contribution in [0, 0.1) is 6.92 Å². The zero-order chi connectivity index (χ0) is 17.5. The van der Waals surface area contributed by atoms with Gasteiger partial charge in [0.25, 0.3) is 5.91 Å². The summed E-state index contributed by atoms with van der Waals surface area (Å²) in [6, 6.07) is 11.9. The lowest BCUT2D eigenvalue weighted by Crippen LogP contribution is -2.37. The Morgan fingerprint density at radius 2 is 1.79 bits per heavy atom. The van der Waals surface area contributed by atoms with Gasteiger partial charge in [0.15, 0.2) is 0 Å². The number of phenolic OH excluding ortho intramolecular Hbond substituents is 1. The molecule has 0 heterocycles. The number of benzene rings is 2. The average molecular weight is 347 g/mol.